The van der Waals surface area contributed by atoms with Crippen LogP contribution in [-0.2, 0) is 4.74 Å². The normalized spacial score (nSPS) is 23.4. The van der Waals surface area contributed by atoms with E-state index in [2.05, 4.69) is 5.32 Å². The van der Waals surface area contributed by atoms with E-state index in [1.165, 1.54) is 38.5 Å². The third kappa shape index (κ3) is 4.49. The summed E-state index contributed by atoms with van der Waals surface area (Å²) in [6.07, 6.45) is 8.06. The molecule has 0 heterocycles. The lowest BCUT2D eigenvalue weighted by Crippen LogP contribution is -2.48. The Morgan fingerprint density at radius 3 is 2.33 bits per heavy atom. The van der Waals surface area contributed by atoms with Gasteiger partial charge >= 0.3 is 0 Å². The van der Waals surface area contributed by atoms with E-state index in [1.54, 1.807) is 0 Å². The quantitative estimate of drug-likeness (QED) is 0.686. The molecule has 1 unspecified atom stereocenters. The fraction of sp³-hybridized carbons (Fsp3) is 1.00. The molecule has 1 aliphatic rings. The Morgan fingerprint density at radius 2 is 1.87 bits per heavy atom. The van der Waals surface area contributed by atoms with Gasteiger partial charge in [-0.05, 0) is 26.8 Å². The smallest absolute Gasteiger partial charge is 0.0671 e. The second-order valence-corrected chi connectivity index (χ2v) is 4.89. The predicted octanol–water partition coefficient (Wildman–Crippen LogP) is 1.70. The molecule has 0 bridgehead atoms. The summed E-state index contributed by atoms with van der Waals surface area (Å²) in [6, 6.07) is 0. The summed E-state index contributed by atoms with van der Waals surface area (Å²) in [6.45, 7) is 2.71. The molecular formula is C12H25NO2. The fourth-order valence-corrected chi connectivity index (χ4v) is 1.91. The van der Waals surface area contributed by atoms with Crippen LogP contribution in [0.2, 0.25) is 0 Å². The van der Waals surface area contributed by atoms with Gasteiger partial charge in [0.25, 0.3) is 0 Å². The van der Waals surface area contributed by atoms with Crippen molar-refractivity contribution in [3.8, 4) is 0 Å². The maximum Gasteiger partial charge on any atom is 0.0671 e. The highest BCUT2D eigenvalue weighted by atomic mass is 16.5. The first-order valence-electron chi connectivity index (χ1n) is 6.11. The summed E-state index contributed by atoms with van der Waals surface area (Å²) in [4.78, 5) is 0. The summed E-state index contributed by atoms with van der Waals surface area (Å²) in [5.41, 5.74) is -0.285. The molecule has 0 radical (unpaired) electrons. The molecule has 0 saturated heterocycles. The first-order valence-corrected chi connectivity index (χ1v) is 6.11. The number of ether oxygens (including phenoxy) is 1. The summed E-state index contributed by atoms with van der Waals surface area (Å²) in [5, 5.41) is 12.3. The summed E-state index contributed by atoms with van der Waals surface area (Å²) >= 11 is 0. The summed E-state index contributed by atoms with van der Waals surface area (Å²) < 4.78 is 5.89. The minimum absolute atomic E-state index is 0.121. The Balaban J connectivity index is 2.27. The maximum absolute atomic E-state index is 9.23. The standard InChI is InChI=1S/C12H25NO2/c1-12(9-14,13-2)10-15-11-7-5-3-4-6-8-11/h11,13-14H,3-10H2,1-2H3. The van der Waals surface area contributed by atoms with Crippen molar-refractivity contribution in [2.24, 2.45) is 0 Å². The number of aliphatic hydroxyl groups is 1. The molecule has 0 aliphatic heterocycles. The lowest BCUT2D eigenvalue weighted by molar-refractivity contribution is -0.00751. The summed E-state index contributed by atoms with van der Waals surface area (Å²) in [5.74, 6) is 0. The van der Waals surface area contributed by atoms with Crippen molar-refractivity contribution in [3.05, 3.63) is 0 Å². The zero-order valence-corrected chi connectivity index (χ0v) is 10.1. The van der Waals surface area contributed by atoms with Gasteiger partial charge in [0.1, 0.15) is 0 Å². The Morgan fingerprint density at radius 1 is 1.27 bits per heavy atom. The SMILES string of the molecule is CNC(C)(CO)COC1CCCCCC1. The van der Waals surface area contributed by atoms with Gasteiger partial charge in [-0.3, -0.25) is 0 Å². The second-order valence-electron chi connectivity index (χ2n) is 4.89. The van der Waals surface area contributed by atoms with Gasteiger partial charge in [-0.1, -0.05) is 25.7 Å². The van der Waals surface area contributed by atoms with Crippen molar-refractivity contribution in [2.75, 3.05) is 20.3 Å². The van der Waals surface area contributed by atoms with E-state index in [9.17, 15) is 5.11 Å². The molecule has 2 N–H and O–H groups in total. The maximum atomic E-state index is 9.23. The van der Waals surface area contributed by atoms with E-state index in [0.29, 0.717) is 12.7 Å². The van der Waals surface area contributed by atoms with E-state index < -0.39 is 0 Å². The van der Waals surface area contributed by atoms with Crippen LogP contribution in [0.15, 0.2) is 0 Å². The number of aliphatic hydroxyl groups excluding tert-OH is 1. The average molecular weight is 215 g/mol. The Kier molecular flexibility index (Phi) is 5.58. The van der Waals surface area contributed by atoms with Gasteiger partial charge in [0.15, 0.2) is 0 Å². The highest BCUT2D eigenvalue weighted by Crippen LogP contribution is 2.20. The zero-order valence-electron chi connectivity index (χ0n) is 10.1. The molecule has 1 fully saturated rings. The number of rotatable bonds is 5. The number of nitrogens with one attached hydrogen (secondary N) is 1. The molecule has 0 spiro atoms. The van der Waals surface area contributed by atoms with Crippen molar-refractivity contribution in [3.63, 3.8) is 0 Å². The van der Waals surface area contributed by atoms with Gasteiger partial charge in [0, 0.05) is 0 Å². The van der Waals surface area contributed by atoms with Gasteiger partial charge in [0.05, 0.1) is 24.9 Å². The van der Waals surface area contributed by atoms with Crippen LogP contribution in [0.4, 0.5) is 0 Å². The zero-order chi connectivity index (χ0) is 11.1. The molecule has 1 rings (SSSR count). The molecule has 0 aromatic heterocycles. The van der Waals surface area contributed by atoms with Crippen LogP contribution in [0.3, 0.4) is 0 Å². The third-order valence-electron chi connectivity index (χ3n) is 3.39. The van der Waals surface area contributed by atoms with Crippen LogP contribution in [0.5, 0.6) is 0 Å². The highest BCUT2D eigenvalue weighted by Gasteiger charge is 2.23. The Bertz CT molecular complexity index is 161. The molecule has 90 valence electrons. The number of hydrogen-bond acceptors (Lipinski definition) is 3. The molecule has 0 amide bonds. The molecule has 15 heavy (non-hydrogen) atoms. The number of hydrogen-bond donors (Lipinski definition) is 2. The number of likely N-dealkylation sites (N-methyl/N-ethyl adjacent to an activating group) is 1. The van der Waals surface area contributed by atoms with Crippen molar-refractivity contribution < 1.29 is 9.84 Å². The molecule has 0 aromatic rings. The van der Waals surface area contributed by atoms with Crippen molar-refractivity contribution >= 4 is 0 Å². The Hall–Kier alpha value is -0.120. The lowest BCUT2D eigenvalue weighted by Gasteiger charge is -2.29. The van der Waals surface area contributed by atoms with Crippen LogP contribution in [-0.4, -0.2) is 37.0 Å². The highest BCUT2D eigenvalue weighted by molar-refractivity contribution is 4.80. The molecule has 1 atom stereocenters. The molecule has 1 saturated carbocycles. The minimum atomic E-state index is -0.285. The fourth-order valence-electron chi connectivity index (χ4n) is 1.91. The van der Waals surface area contributed by atoms with Crippen LogP contribution < -0.4 is 5.32 Å². The molecule has 1 aliphatic carbocycles. The van der Waals surface area contributed by atoms with Gasteiger partial charge in [-0.2, -0.15) is 0 Å². The van der Waals surface area contributed by atoms with Gasteiger partial charge in [-0.15, -0.1) is 0 Å². The molecule has 3 heteroatoms. The van der Waals surface area contributed by atoms with E-state index in [-0.39, 0.29) is 12.1 Å². The minimum Gasteiger partial charge on any atom is -0.394 e. The van der Waals surface area contributed by atoms with Crippen LogP contribution in [0, 0.1) is 0 Å². The third-order valence-corrected chi connectivity index (χ3v) is 3.39. The average Bonchev–Trinajstić information content (AvgIpc) is 2.54. The van der Waals surface area contributed by atoms with Gasteiger partial charge in [0.2, 0.25) is 0 Å². The topological polar surface area (TPSA) is 41.5 Å². The molecule has 3 nitrogen and oxygen atoms in total. The van der Waals surface area contributed by atoms with E-state index in [4.69, 9.17) is 4.74 Å². The van der Waals surface area contributed by atoms with E-state index in [1.807, 2.05) is 14.0 Å². The molecular weight excluding hydrogens is 190 g/mol. The Labute approximate surface area is 93.2 Å². The van der Waals surface area contributed by atoms with E-state index >= 15 is 0 Å². The molecule has 0 aromatic carbocycles. The summed E-state index contributed by atoms with van der Waals surface area (Å²) in [7, 11) is 1.87. The van der Waals surface area contributed by atoms with Gasteiger partial charge in [-0.25, -0.2) is 0 Å². The lowest BCUT2D eigenvalue weighted by atomic mass is 10.1. The largest absolute Gasteiger partial charge is 0.394 e. The monoisotopic (exact) mass is 215 g/mol. The van der Waals surface area contributed by atoms with E-state index in [0.717, 1.165) is 0 Å². The predicted molar refractivity (Wildman–Crippen MR) is 62.0 cm³/mol. The van der Waals surface area contributed by atoms with Gasteiger partial charge < -0.3 is 15.2 Å². The second kappa shape index (κ2) is 6.46. The van der Waals surface area contributed by atoms with Crippen LogP contribution in [0.25, 0.3) is 0 Å². The first kappa shape index (κ1) is 12.9. The van der Waals surface area contributed by atoms with Crippen molar-refractivity contribution in [1.29, 1.82) is 0 Å². The first-order chi connectivity index (χ1) is 7.20. The van der Waals surface area contributed by atoms with Crippen LogP contribution in [0.1, 0.15) is 45.4 Å². The van der Waals surface area contributed by atoms with Crippen molar-refractivity contribution in [1.82, 2.24) is 5.32 Å². The van der Waals surface area contributed by atoms with Crippen molar-refractivity contribution in [2.45, 2.75) is 57.1 Å². The van der Waals surface area contributed by atoms with Crippen LogP contribution >= 0.6 is 0 Å².